The van der Waals surface area contributed by atoms with Gasteiger partial charge in [0, 0.05) is 22.1 Å². The molecule has 0 amide bonds. The van der Waals surface area contributed by atoms with Crippen LogP contribution in [0.4, 0.5) is 0 Å². The van der Waals surface area contributed by atoms with Crippen LogP contribution in [0.1, 0.15) is 30.5 Å². The largest absolute Gasteiger partial charge is 0.306 e. The Morgan fingerprint density at radius 1 is 1.16 bits per heavy atom. The van der Waals surface area contributed by atoms with Gasteiger partial charge in [0.1, 0.15) is 0 Å². The molecule has 19 heavy (non-hydrogen) atoms. The summed E-state index contributed by atoms with van der Waals surface area (Å²) in [6, 6.07) is 16.8. The first-order valence-corrected chi connectivity index (χ1v) is 7.59. The van der Waals surface area contributed by atoms with Gasteiger partial charge in [0.15, 0.2) is 0 Å². The van der Waals surface area contributed by atoms with Crippen LogP contribution in [0.25, 0.3) is 0 Å². The van der Waals surface area contributed by atoms with Gasteiger partial charge in [-0.15, -0.1) is 0 Å². The van der Waals surface area contributed by atoms with Crippen molar-refractivity contribution < 1.29 is 0 Å². The van der Waals surface area contributed by atoms with Gasteiger partial charge in [0.25, 0.3) is 0 Å². The molecule has 0 spiro atoms. The van der Waals surface area contributed by atoms with Crippen LogP contribution in [0, 0.1) is 0 Å². The van der Waals surface area contributed by atoms with Gasteiger partial charge in [-0.05, 0) is 41.8 Å². The third kappa shape index (κ3) is 4.34. The molecule has 0 fully saturated rings. The molecule has 0 saturated heterocycles. The lowest BCUT2D eigenvalue weighted by Crippen LogP contribution is -2.20. The van der Waals surface area contributed by atoms with E-state index in [0.29, 0.717) is 6.04 Å². The van der Waals surface area contributed by atoms with E-state index >= 15 is 0 Å². The molecule has 2 aromatic carbocycles. The van der Waals surface area contributed by atoms with Crippen molar-refractivity contribution in [2.75, 3.05) is 0 Å². The van der Waals surface area contributed by atoms with Crippen molar-refractivity contribution in [3.63, 3.8) is 0 Å². The molecule has 0 bridgehead atoms. The highest BCUT2D eigenvalue weighted by atomic mass is 79.9. The second kappa shape index (κ2) is 7.09. The van der Waals surface area contributed by atoms with E-state index < -0.39 is 0 Å². The molecule has 0 radical (unpaired) electrons. The van der Waals surface area contributed by atoms with Crippen molar-refractivity contribution in [3.8, 4) is 0 Å². The molecule has 0 aromatic heterocycles. The smallest absolute Gasteiger partial charge is 0.0409 e. The molecule has 1 nitrogen and oxygen atoms in total. The minimum Gasteiger partial charge on any atom is -0.306 e. The minimum atomic E-state index is 0.336. The zero-order valence-corrected chi connectivity index (χ0v) is 13.2. The normalized spacial score (nSPS) is 12.4. The fourth-order valence-corrected chi connectivity index (χ4v) is 2.53. The topological polar surface area (TPSA) is 12.0 Å². The van der Waals surface area contributed by atoms with Gasteiger partial charge in [-0.25, -0.2) is 0 Å². The summed E-state index contributed by atoms with van der Waals surface area (Å²) < 4.78 is 1.11. The monoisotopic (exact) mass is 337 g/mol. The van der Waals surface area contributed by atoms with Gasteiger partial charge < -0.3 is 5.32 Å². The number of halogens is 2. The molecule has 0 aliphatic rings. The van der Waals surface area contributed by atoms with Crippen LogP contribution in [0.5, 0.6) is 0 Å². The van der Waals surface area contributed by atoms with Crippen molar-refractivity contribution in [1.82, 2.24) is 5.32 Å². The zero-order chi connectivity index (χ0) is 13.7. The molecule has 2 rings (SSSR count). The van der Waals surface area contributed by atoms with Crippen molar-refractivity contribution in [1.29, 1.82) is 0 Å². The number of nitrogens with one attached hydrogen (secondary N) is 1. The number of hydrogen-bond donors (Lipinski definition) is 1. The van der Waals surface area contributed by atoms with Crippen molar-refractivity contribution >= 4 is 27.5 Å². The molecular formula is C16H17BrClN. The maximum atomic E-state index is 6.05. The van der Waals surface area contributed by atoms with Crippen LogP contribution in [0.15, 0.2) is 53.0 Å². The zero-order valence-electron chi connectivity index (χ0n) is 10.9. The average molecular weight is 339 g/mol. The SMILES string of the molecule is CCC(NCc1ccc(Br)cc1)c1cccc(Cl)c1. The Bertz CT molecular complexity index is 525. The van der Waals surface area contributed by atoms with Gasteiger partial charge in [0.05, 0.1) is 0 Å². The molecule has 0 aliphatic carbocycles. The Labute approximate surface area is 128 Å². The maximum Gasteiger partial charge on any atom is 0.0409 e. The lowest BCUT2D eigenvalue weighted by molar-refractivity contribution is 0.519. The van der Waals surface area contributed by atoms with Crippen LogP contribution in [0.2, 0.25) is 5.02 Å². The number of benzene rings is 2. The Hall–Kier alpha value is -0.830. The fraction of sp³-hybridized carbons (Fsp3) is 0.250. The lowest BCUT2D eigenvalue weighted by Gasteiger charge is -2.18. The van der Waals surface area contributed by atoms with Gasteiger partial charge in [-0.3, -0.25) is 0 Å². The first-order chi connectivity index (χ1) is 9.19. The van der Waals surface area contributed by atoms with E-state index in [1.165, 1.54) is 11.1 Å². The van der Waals surface area contributed by atoms with E-state index in [4.69, 9.17) is 11.6 Å². The van der Waals surface area contributed by atoms with Gasteiger partial charge in [-0.1, -0.05) is 58.7 Å². The van der Waals surface area contributed by atoms with E-state index in [9.17, 15) is 0 Å². The summed E-state index contributed by atoms with van der Waals surface area (Å²) in [6.45, 7) is 3.04. The highest BCUT2D eigenvalue weighted by Gasteiger charge is 2.08. The maximum absolute atomic E-state index is 6.05. The predicted molar refractivity (Wildman–Crippen MR) is 85.5 cm³/mol. The standard InChI is InChI=1S/C16H17BrClN/c1-2-16(13-4-3-5-15(18)10-13)19-11-12-6-8-14(17)9-7-12/h3-10,16,19H,2,11H2,1H3. The summed E-state index contributed by atoms with van der Waals surface area (Å²) >= 11 is 9.50. The van der Waals surface area contributed by atoms with E-state index in [1.54, 1.807) is 0 Å². The number of hydrogen-bond acceptors (Lipinski definition) is 1. The fourth-order valence-electron chi connectivity index (χ4n) is 2.06. The Balaban J connectivity index is 2.01. The number of rotatable bonds is 5. The van der Waals surface area contributed by atoms with Gasteiger partial charge in [-0.2, -0.15) is 0 Å². The van der Waals surface area contributed by atoms with Crippen LogP contribution in [-0.2, 0) is 6.54 Å². The second-order valence-corrected chi connectivity index (χ2v) is 5.88. The van der Waals surface area contributed by atoms with Gasteiger partial charge in [0.2, 0.25) is 0 Å². The quantitative estimate of drug-likeness (QED) is 0.775. The van der Waals surface area contributed by atoms with Crippen LogP contribution in [-0.4, -0.2) is 0 Å². The highest BCUT2D eigenvalue weighted by molar-refractivity contribution is 9.10. The molecule has 0 aliphatic heterocycles. The summed E-state index contributed by atoms with van der Waals surface area (Å²) in [7, 11) is 0. The molecule has 0 heterocycles. The second-order valence-electron chi connectivity index (χ2n) is 4.52. The third-order valence-corrected chi connectivity index (χ3v) is 3.89. The molecule has 1 atom stereocenters. The molecule has 0 saturated carbocycles. The molecule has 1 N–H and O–H groups in total. The first kappa shape index (κ1) is 14.6. The lowest BCUT2D eigenvalue weighted by atomic mass is 10.0. The molecule has 3 heteroatoms. The summed E-state index contributed by atoms with van der Waals surface area (Å²) in [4.78, 5) is 0. The van der Waals surface area contributed by atoms with Crippen molar-refractivity contribution in [2.45, 2.75) is 25.9 Å². The molecule has 1 unspecified atom stereocenters. The van der Waals surface area contributed by atoms with Crippen LogP contribution < -0.4 is 5.32 Å². The molecule has 100 valence electrons. The third-order valence-electron chi connectivity index (χ3n) is 3.13. The van der Waals surface area contributed by atoms with Crippen molar-refractivity contribution in [3.05, 3.63) is 69.2 Å². The summed E-state index contributed by atoms with van der Waals surface area (Å²) in [5.74, 6) is 0. The molecular weight excluding hydrogens is 322 g/mol. The molecule has 2 aromatic rings. The van der Waals surface area contributed by atoms with Crippen LogP contribution in [0.3, 0.4) is 0 Å². The summed E-state index contributed by atoms with van der Waals surface area (Å²) in [6.07, 6.45) is 1.04. The Morgan fingerprint density at radius 2 is 1.89 bits per heavy atom. The van der Waals surface area contributed by atoms with Gasteiger partial charge >= 0.3 is 0 Å². The first-order valence-electron chi connectivity index (χ1n) is 6.42. The van der Waals surface area contributed by atoms with Crippen LogP contribution >= 0.6 is 27.5 Å². The predicted octanol–water partition coefficient (Wildman–Crippen LogP) is 5.34. The van der Waals surface area contributed by atoms with E-state index in [0.717, 1.165) is 22.5 Å². The van der Waals surface area contributed by atoms with E-state index in [1.807, 2.05) is 18.2 Å². The average Bonchev–Trinajstić information content (AvgIpc) is 2.42. The summed E-state index contributed by atoms with van der Waals surface area (Å²) in [5.41, 5.74) is 2.52. The highest BCUT2D eigenvalue weighted by Crippen LogP contribution is 2.21. The Morgan fingerprint density at radius 3 is 2.53 bits per heavy atom. The Kier molecular flexibility index (Phi) is 5.44. The van der Waals surface area contributed by atoms with Crippen molar-refractivity contribution in [2.24, 2.45) is 0 Å². The van der Waals surface area contributed by atoms with E-state index in [2.05, 4.69) is 58.5 Å². The van der Waals surface area contributed by atoms with E-state index in [-0.39, 0.29) is 0 Å². The summed E-state index contributed by atoms with van der Waals surface area (Å²) in [5, 5.41) is 4.37. The minimum absolute atomic E-state index is 0.336.